The van der Waals surface area contributed by atoms with E-state index in [4.69, 9.17) is 4.42 Å². The lowest BCUT2D eigenvalue weighted by Crippen LogP contribution is -2.36. The van der Waals surface area contributed by atoms with Crippen molar-refractivity contribution < 1.29 is 17.6 Å². The Hall–Kier alpha value is -1.64. The summed E-state index contributed by atoms with van der Waals surface area (Å²) in [5, 5.41) is 2.55. The lowest BCUT2D eigenvalue weighted by Gasteiger charge is -2.07. The van der Waals surface area contributed by atoms with Gasteiger partial charge in [-0.15, -0.1) is 0 Å². The molecule has 0 fully saturated rings. The number of hydrogen-bond acceptors (Lipinski definition) is 4. The first-order chi connectivity index (χ1) is 9.97. The first kappa shape index (κ1) is 15.7. The first-order valence-corrected chi connectivity index (χ1v) is 8.29. The zero-order valence-corrected chi connectivity index (χ0v) is 13.3. The maximum absolute atomic E-state index is 12.0. The smallest absolute Gasteiger partial charge is 0.241 e. The Kier molecular flexibility index (Phi) is 5.16. The Morgan fingerprint density at radius 1 is 1.24 bits per heavy atom. The number of sulfonamides is 1. The summed E-state index contributed by atoms with van der Waals surface area (Å²) in [6.45, 7) is -0.125. The van der Waals surface area contributed by atoms with Crippen molar-refractivity contribution in [2.24, 2.45) is 0 Å². The third kappa shape index (κ3) is 4.69. The highest BCUT2D eigenvalue weighted by molar-refractivity contribution is 9.10. The maximum atomic E-state index is 12.0. The van der Waals surface area contributed by atoms with Gasteiger partial charge in [-0.3, -0.25) is 4.79 Å². The molecule has 2 aromatic rings. The summed E-state index contributed by atoms with van der Waals surface area (Å²) in [6.07, 6.45) is 1.50. The van der Waals surface area contributed by atoms with Gasteiger partial charge in [0.25, 0.3) is 0 Å². The second-order valence-electron chi connectivity index (χ2n) is 4.14. The molecule has 0 saturated heterocycles. The number of carbonyl (C=O) groups is 1. The molecule has 112 valence electrons. The number of halogens is 1. The molecule has 0 saturated carbocycles. The average molecular weight is 373 g/mol. The number of furan rings is 1. The molecule has 0 atom stereocenters. The zero-order valence-electron chi connectivity index (χ0n) is 10.9. The lowest BCUT2D eigenvalue weighted by molar-refractivity contribution is -0.120. The fourth-order valence-corrected chi connectivity index (χ4v) is 3.12. The minimum absolute atomic E-state index is 0.0932. The first-order valence-electron chi connectivity index (χ1n) is 6.02. The molecule has 21 heavy (non-hydrogen) atoms. The van der Waals surface area contributed by atoms with E-state index < -0.39 is 15.9 Å². The van der Waals surface area contributed by atoms with Gasteiger partial charge in [-0.05, 0) is 30.3 Å². The Balaban J connectivity index is 1.88. The van der Waals surface area contributed by atoms with E-state index in [0.29, 0.717) is 10.2 Å². The molecule has 1 aromatic heterocycles. The van der Waals surface area contributed by atoms with Crippen LogP contribution >= 0.6 is 15.9 Å². The fraction of sp³-hybridized carbons (Fsp3) is 0.154. The van der Waals surface area contributed by atoms with Gasteiger partial charge < -0.3 is 9.73 Å². The van der Waals surface area contributed by atoms with Crippen LogP contribution in [0.3, 0.4) is 0 Å². The molecule has 6 nitrogen and oxygen atoms in total. The van der Waals surface area contributed by atoms with Gasteiger partial charge in [0.2, 0.25) is 15.9 Å². The van der Waals surface area contributed by atoms with E-state index in [2.05, 4.69) is 26.0 Å². The molecular weight excluding hydrogens is 360 g/mol. The van der Waals surface area contributed by atoms with Crippen molar-refractivity contribution in [1.29, 1.82) is 0 Å². The normalized spacial score (nSPS) is 11.3. The molecule has 2 N–H and O–H groups in total. The molecule has 0 unspecified atom stereocenters. The van der Waals surface area contributed by atoms with Gasteiger partial charge in [-0.2, -0.15) is 0 Å². The summed E-state index contributed by atoms with van der Waals surface area (Å²) in [4.78, 5) is 11.7. The van der Waals surface area contributed by atoms with E-state index in [-0.39, 0.29) is 18.0 Å². The average Bonchev–Trinajstić information content (AvgIpc) is 2.96. The van der Waals surface area contributed by atoms with Gasteiger partial charge in [0.1, 0.15) is 5.76 Å². The van der Waals surface area contributed by atoms with E-state index in [9.17, 15) is 13.2 Å². The molecule has 0 radical (unpaired) electrons. The standard InChI is InChI=1S/C13H13BrN2O4S/c14-10-3-1-5-12(7-10)21(18,19)16-9-13(17)15-8-11-4-2-6-20-11/h1-7,16H,8-9H2,(H,15,17). The van der Waals surface area contributed by atoms with E-state index in [1.54, 1.807) is 24.3 Å². The molecule has 0 aliphatic heterocycles. The van der Waals surface area contributed by atoms with Crippen LogP contribution in [0, 0.1) is 0 Å². The van der Waals surface area contributed by atoms with Crippen LogP contribution in [0.5, 0.6) is 0 Å². The zero-order chi connectivity index (χ0) is 15.3. The molecule has 0 aliphatic rings. The Labute approximate surface area is 130 Å². The number of rotatable bonds is 6. The largest absolute Gasteiger partial charge is 0.467 e. The van der Waals surface area contributed by atoms with Crippen LogP contribution in [-0.4, -0.2) is 20.9 Å². The molecule has 0 spiro atoms. The summed E-state index contributed by atoms with van der Waals surface area (Å²) in [5.74, 6) is 0.156. The molecular formula is C13H13BrN2O4S. The predicted molar refractivity (Wildman–Crippen MR) is 79.9 cm³/mol. The highest BCUT2D eigenvalue weighted by Gasteiger charge is 2.15. The van der Waals surface area contributed by atoms with Gasteiger partial charge in [-0.25, -0.2) is 13.1 Å². The van der Waals surface area contributed by atoms with Crippen molar-refractivity contribution in [3.8, 4) is 0 Å². The van der Waals surface area contributed by atoms with E-state index in [1.165, 1.54) is 18.4 Å². The topological polar surface area (TPSA) is 88.4 Å². The van der Waals surface area contributed by atoms with Gasteiger partial charge in [0.15, 0.2) is 0 Å². The summed E-state index contributed by atoms with van der Waals surface area (Å²) >= 11 is 3.20. The Morgan fingerprint density at radius 3 is 2.71 bits per heavy atom. The van der Waals surface area contributed by atoms with Gasteiger partial charge in [0, 0.05) is 4.47 Å². The quantitative estimate of drug-likeness (QED) is 0.806. The summed E-state index contributed by atoms with van der Waals surface area (Å²) in [5.41, 5.74) is 0. The molecule has 1 heterocycles. The van der Waals surface area contributed by atoms with Crippen LogP contribution in [0.1, 0.15) is 5.76 Å². The van der Waals surface area contributed by atoms with Gasteiger partial charge in [-0.1, -0.05) is 22.0 Å². The SMILES string of the molecule is O=C(CNS(=O)(=O)c1cccc(Br)c1)NCc1ccco1. The van der Waals surface area contributed by atoms with Crippen molar-refractivity contribution in [2.75, 3.05) is 6.54 Å². The third-order valence-corrected chi connectivity index (χ3v) is 4.46. The highest BCUT2D eigenvalue weighted by Crippen LogP contribution is 2.15. The Bertz CT molecular complexity index is 714. The maximum Gasteiger partial charge on any atom is 0.241 e. The van der Waals surface area contributed by atoms with Crippen molar-refractivity contribution >= 4 is 31.9 Å². The number of amides is 1. The number of nitrogens with one attached hydrogen (secondary N) is 2. The molecule has 8 heteroatoms. The lowest BCUT2D eigenvalue weighted by atomic mass is 10.4. The van der Waals surface area contributed by atoms with Gasteiger partial charge >= 0.3 is 0 Å². The molecule has 0 bridgehead atoms. The molecule has 1 amide bonds. The van der Waals surface area contributed by atoms with Crippen LogP contribution in [0.2, 0.25) is 0 Å². The second-order valence-corrected chi connectivity index (χ2v) is 6.82. The van der Waals surface area contributed by atoms with Crippen LogP contribution in [-0.2, 0) is 21.4 Å². The number of carbonyl (C=O) groups excluding carboxylic acids is 1. The van der Waals surface area contributed by atoms with Crippen LogP contribution < -0.4 is 10.0 Å². The molecule has 2 rings (SSSR count). The molecule has 1 aromatic carbocycles. The number of hydrogen-bond donors (Lipinski definition) is 2. The van der Waals surface area contributed by atoms with E-state index >= 15 is 0 Å². The summed E-state index contributed by atoms with van der Waals surface area (Å²) < 4.78 is 31.9. The third-order valence-electron chi connectivity index (χ3n) is 2.57. The highest BCUT2D eigenvalue weighted by atomic mass is 79.9. The van der Waals surface area contributed by atoms with Crippen molar-refractivity contribution in [3.63, 3.8) is 0 Å². The van der Waals surface area contributed by atoms with E-state index in [0.717, 1.165) is 0 Å². The minimum atomic E-state index is -3.71. The van der Waals surface area contributed by atoms with Crippen LogP contribution in [0.15, 0.2) is 56.4 Å². The van der Waals surface area contributed by atoms with Gasteiger partial charge in [0.05, 0.1) is 24.2 Å². The fourth-order valence-electron chi connectivity index (χ4n) is 1.54. The van der Waals surface area contributed by atoms with Crippen molar-refractivity contribution in [3.05, 3.63) is 52.9 Å². The molecule has 0 aliphatic carbocycles. The Morgan fingerprint density at radius 2 is 2.05 bits per heavy atom. The van der Waals surface area contributed by atoms with E-state index in [1.807, 2.05) is 0 Å². The number of benzene rings is 1. The minimum Gasteiger partial charge on any atom is -0.467 e. The van der Waals surface area contributed by atoms with Crippen LogP contribution in [0.4, 0.5) is 0 Å². The second kappa shape index (κ2) is 6.88. The summed E-state index contributed by atoms with van der Waals surface area (Å²) in [7, 11) is -3.71. The summed E-state index contributed by atoms with van der Waals surface area (Å²) in [6, 6.07) is 9.66. The monoisotopic (exact) mass is 372 g/mol. The van der Waals surface area contributed by atoms with Crippen molar-refractivity contribution in [1.82, 2.24) is 10.0 Å². The predicted octanol–water partition coefficient (Wildman–Crippen LogP) is 1.64. The van der Waals surface area contributed by atoms with Crippen LogP contribution in [0.25, 0.3) is 0 Å². The van der Waals surface area contributed by atoms with Crippen molar-refractivity contribution in [2.45, 2.75) is 11.4 Å².